The number of carbonyl (C=O) groups is 2. The Morgan fingerprint density at radius 1 is 1.29 bits per heavy atom. The Morgan fingerprint density at radius 2 is 1.94 bits per heavy atom. The van der Waals surface area contributed by atoms with Crippen LogP contribution in [0.4, 0.5) is 5.69 Å². The fourth-order valence-corrected chi connectivity index (χ4v) is 1.45. The average molecular weight is 237 g/mol. The van der Waals surface area contributed by atoms with Gasteiger partial charge in [-0.3, -0.25) is 4.79 Å². The summed E-state index contributed by atoms with van der Waals surface area (Å²) in [7, 11) is 0. The highest BCUT2D eigenvalue weighted by atomic mass is 16.3. The summed E-state index contributed by atoms with van der Waals surface area (Å²) in [5.74, 6) is -0.320. The van der Waals surface area contributed by atoms with Gasteiger partial charge in [-0.25, -0.2) is 0 Å². The molecule has 0 heterocycles. The van der Waals surface area contributed by atoms with E-state index < -0.39 is 12.5 Å². The van der Waals surface area contributed by atoms with Gasteiger partial charge in [0.2, 0.25) is 0 Å². The van der Waals surface area contributed by atoms with Crippen molar-refractivity contribution in [3.8, 4) is 5.75 Å². The van der Waals surface area contributed by atoms with Gasteiger partial charge < -0.3 is 19.9 Å². The summed E-state index contributed by atoms with van der Waals surface area (Å²) in [6.07, 6.45) is 1.70. The Labute approximate surface area is 99.3 Å². The molecule has 0 fully saturated rings. The second-order valence-electron chi connectivity index (χ2n) is 3.53. The van der Waals surface area contributed by atoms with Crippen LogP contribution in [-0.4, -0.2) is 35.6 Å². The van der Waals surface area contributed by atoms with Crippen LogP contribution < -0.4 is 4.90 Å². The fraction of sp³-hybridized carbons (Fsp3) is 0.333. The molecule has 0 spiro atoms. The van der Waals surface area contributed by atoms with Crippen molar-refractivity contribution in [2.75, 3.05) is 18.1 Å². The molecule has 1 rings (SSSR count). The van der Waals surface area contributed by atoms with Crippen molar-refractivity contribution >= 4 is 17.9 Å². The number of aliphatic hydroxyl groups excluding tert-OH is 1. The van der Waals surface area contributed by atoms with Crippen LogP contribution >= 0.6 is 0 Å². The Bertz CT molecular complexity index is 375. The molecule has 92 valence electrons. The number of unbranched alkanes of at least 4 members (excludes halogenated alkanes) is 1. The van der Waals surface area contributed by atoms with Crippen LogP contribution in [0.5, 0.6) is 5.75 Å². The molecule has 0 aromatic heterocycles. The van der Waals surface area contributed by atoms with Gasteiger partial charge >= 0.3 is 0 Å². The highest BCUT2D eigenvalue weighted by Crippen LogP contribution is 2.19. The topological polar surface area (TPSA) is 77.8 Å². The summed E-state index contributed by atoms with van der Waals surface area (Å²) >= 11 is 0. The number of aldehydes is 1. The molecular weight excluding hydrogens is 222 g/mol. The van der Waals surface area contributed by atoms with E-state index in [1.54, 1.807) is 12.1 Å². The largest absolute Gasteiger partial charge is 0.508 e. The first-order valence-corrected chi connectivity index (χ1v) is 5.33. The number of phenols is 1. The van der Waals surface area contributed by atoms with Crippen molar-refractivity contribution in [3.05, 3.63) is 24.3 Å². The molecule has 2 N–H and O–H groups in total. The Balaban J connectivity index is 2.78. The van der Waals surface area contributed by atoms with Crippen LogP contribution in [0, 0.1) is 0 Å². The summed E-state index contributed by atoms with van der Waals surface area (Å²) in [6, 6.07) is 6.10. The third kappa shape index (κ3) is 3.88. The fourth-order valence-electron chi connectivity index (χ4n) is 1.45. The monoisotopic (exact) mass is 237 g/mol. The Kier molecular flexibility index (Phi) is 5.16. The van der Waals surface area contributed by atoms with Gasteiger partial charge in [0.15, 0.2) is 0 Å². The molecule has 0 aliphatic rings. The molecule has 0 saturated heterocycles. The summed E-state index contributed by atoms with van der Waals surface area (Å²) in [5, 5.41) is 18.0. The number of aromatic hydroxyl groups is 1. The number of nitrogens with zero attached hydrogens (tertiary/aromatic N) is 1. The predicted octanol–water partition coefficient (Wildman–Crippen LogP) is 0.697. The maximum Gasteiger partial charge on any atom is 0.252 e. The van der Waals surface area contributed by atoms with E-state index in [2.05, 4.69) is 0 Å². The number of rotatable bonds is 6. The first-order valence-electron chi connectivity index (χ1n) is 5.33. The number of aliphatic hydroxyl groups is 1. The molecule has 0 aliphatic carbocycles. The third-order valence-corrected chi connectivity index (χ3v) is 2.30. The average Bonchev–Trinajstić information content (AvgIpc) is 2.35. The summed E-state index contributed by atoms with van der Waals surface area (Å²) in [4.78, 5) is 23.1. The van der Waals surface area contributed by atoms with Crippen LogP contribution in [0.1, 0.15) is 12.8 Å². The second kappa shape index (κ2) is 6.65. The van der Waals surface area contributed by atoms with Gasteiger partial charge in [-0.2, -0.15) is 0 Å². The van der Waals surface area contributed by atoms with E-state index >= 15 is 0 Å². The van der Waals surface area contributed by atoms with E-state index in [9.17, 15) is 9.59 Å². The molecule has 0 aliphatic heterocycles. The molecule has 1 aromatic rings. The molecule has 0 radical (unpaired) electrons. The lowest BCUT2D eigenvalue weighted by Gasteiger charge is -2.21. The number of carbonyl (C=O) groups excluding carboxylic acids is 2. The number of hydrogen-bond acceptors (Lipinski definition) is 4. The van der Waals surface area contributed by atoms with Crippen molar-refractivity contribution in [1.29, 1.82) is 0 Å². The molecule has 5 heteroatoms. The van der Waals surface area contributed by atoms with E-state index in [0.717, 1.165) is 6.29 Å². The molecule has 0 bridgehead atoms. The zero-order chi connectivity index (χ0) is 12.7. The summed E-state index contributed by atoms with van der Waals surface area (Å²) in [5.41, 5.74) is 0.591. The van der Waals surface area contributed by atoms with Gasteiger partial charge in [-0.1, -0.05) is 0 Å². The van der Waals surface area contributed by atoms with Gasteiger partial charge in [0.1, 0.15) is 18.6 Å². The molecule has 17 heavy (non-hydrogen) atoms. The lowest BCUT2D eigenvalue weighted by Crippen LogP contribution is -2.34. The quantitative estimate of drug-likeness (QED) is 0.564. The van der Waals surface area contributed by atoms with E-state index in [0.29, 0.717) is 25.1 Å². The van der Waals surface area contributed by atoms with Gasteiger partial charge in [0, 0.05) is 18.7 Å². The minimum atomic E-state index is -0.581. The van der Waals surface area contributed by atoms with Crippen LogP contribution in [0.15, 0.2) is 24.3 Å². The lowest BCUT2D eigenvalue weighted by atomic mass is 10.2. The van der Waals surface area contributed by atoms with E-state index in [4.69, 9.17) is 10.2 Å². The number of benzene rings is 1. The molecule has 5 nitrogen and oxygen atoms in total. The van der Waals surface area contributed by atoms with Crippen molar-refractivity contribution in [2.45, 2.75) is 12.8 Å². The number of anilines is 1. The second-order valence-corrected chi connectivity index (χ2v) is 3.53. The molecule has 1 aromatic carbocycles. The smallest absolute Gasteiger partial charge is 0.252 e. The Morgan fingerprint density at radius 3 is 2.47 bits per heavy atom. The number of phenolic OH excluding ortho intramolecular Hbond substituents is 1. The standard InChI is InChI=1S/C12H15NO4/c14-8-2-1-7-13(12(17)9-15)10-3-5-11(16)6-4-10/h3-6,8,15-16H,1-2,7,9H2. The third-order valence-electron chi connectivity index (χ3n) is 2.30. The predicted molar refractivity (Wildman–Crippen MR) is 62.8 cm³/mol. The molecule has 1 amide bonds. The molecular formula is C12H15NO4. The van der Waals surface area contributed by atoms with Gasteiger partial charge in [0.05, 0.1) is 0 Å². The molecule has 0 atom stereocenters. The zero-order valence-corrected chi connectivity index (χ0v) is 9.37. The first kappa shape index (κ1) is 13.2. The van der Waals surface area contributed by atoms with Crippen molar-refractivity contribution in [1.82, 2.24) is 0 Å². The van der Waals surface area contributed by atoms with Gasteiger partial charge in [0.25, 0.3) is 5.91 Å². The van der Waals surface area contributed by atoms with Crippen LogP contribution in [0.25, 0.3) is 0 Å². The summed E-state index contributed by atoms with van der Waals surface area (Å²) < 4.78 is 0. The number of amides is 1. The SMILES string of the molecule is O=CCCCN(C(=O)CO)c1ccc(O)cc1. The minimum absolute atomic E-state index is 0.109. The van der Waals surface area contributed by atoms with Crippen LogP contribution in [0.2, 0.25) is 0 Å². The van der Waals surface area contributed by atoms with E-state index in [1.807, 2.05) is 0 Å². The maximum atomic E-state index is 11.5. The van der Waals surface area contributed by atoms with Crippen molar-refractivity contribution < 1.29 is 19.8 Å². The first-order chi connectivity index (χ1) is 8.19. The zero-order valence-electron chi connectivity index (χ0n) is 9.37. The van der Waals surface area contributed by atoms with E-state index in [1.165, 1.54) is 17.0 Å². The van der Waals surface area contributed by atoms with Crippen LogP contribution in [0.3, 0.4) is 0 Å². The molecule has 0 saturated carbocycles. The van der Waals surface area contributed by atoms with E-state index in [-0.39, 0.29) is 5.75 Å². The van der Waals surface area contributed by atoms with Crippen molar-refractivity contribution in [2.24, 2.45) is 0 Å². The number of hydrogen-bond donors (Lipinski definition) is 2. The lowest BCUT2D eigenvalue weighted by molar-refractivity contribution is -0.121. The normalized spacial score (nSPS) is 9.94. The maximum absolute atomic E-state index is 11.5. The van der Waals surface area contributed by atoms with Crippen molar-refractivity contribution in [3.63, 3.8) is 0 Å². The summed E-state index contributed by atoms with van der Waals surface area (Å²) in [6.45, 7) is -0.217. The highest BCUT2D eigenvalue weighted by Gasteiger charge is 2.13. The van der Waals surface area contributed by atoms with Gasteiger partial charge in [-0.05, 0) is 30.7 Å². The van der Waals surface area contributed by atoms with Crippen LogP contribution in [-0.2, 0) is 9.59 Å². The molecule has 0 unspecified atom stereocenters. The Hall–Kier alpha value is -1.88. The minimum Gasteiger partial charge on any atom is -0.508 e. The highest BCUT2D eigenvalue weighted by molar-refractivity contribution is 5.94. The van der Waals surface area contributed by atoms with Gasteiger partial charge in [-0.15, -0.1) is 0 Å².